The largest absolute Gasteiger partial charge is 0.507 e. The van der Waals surface area contributed by atoms with Crippen LogP contribution in [0, 0.1) is 117 Å². The van der Waals surface area contributed by atoms with Crippen molar-refractivity contribution in [2.75, 3.05) is 101 Å². The number of carbonyl (C=O) groups excluding carboxylic acids is 11. The van der Waals surface area contributed by atoms with Crippen molar-refractivity contribution >= 4 is 103 Å². The van der Waals surface area contributed by atoms with Crippen LogP contribution in [0.15, 0.2) is 82.6 Å². The molecule has 746 valence electrons. The second-order valence-corrected chi connectivity index (χ2v) is 44.5. The number of aliphatic carboxylic acids is 3. The molecule has 0 aromatic heterocycles. The van der Waals surface area contributed by atoms with E-state index in [2.05, 4.69) is 20.1 Å². The molecule has 3 aliphatic rings. The Morgan fingerprint density at radius 2 is 0.859 bits per heavy atom. The molecule has 0 bridgehead atoms. The van der Waals surface area contributed by atoms with Gasteiger partial charge in [-0.3, -0.25) is 76.9 Å². The summed E-state index contributed by atoms with van der Waals surface area (Å²) in [4.78, 5) is 211. The minimum Gasteiger partial charge on any atom is -0.507 e. The van der Waals surface area contributed by atoms with Crippen molar-refractivity contribution in [2.45, 2.75) is 192 Å². The van der Waals surface area contributed by atoms with Gasteiger partial charge >= 0.3 is 35.8 Å². The van der Waals surface area contributed by atoms with Gasteiger partial charge in [-0.2, -0.15) is 0 Å². The van der Waals surface area contributed by atoms with E-state index in [4.69, 9.17) is 18.9 Å². The fraction of sp³-hybridized carbons (Fsp3) is 0.612. The summed E-state index contributed by atoms with van der Waals surface area (Å²) in [6.07, 6.45) is -2.12. The zero-order valence-electron chi connectivity index (χ0n) is 82.1. The van der Waals surface area contributed by atoms with Gasteiger partial charge in [-0.15, -0.1) is 0 Å². The number of ketones is 2. The Kier molecular flexibility index (Phi) is 37.2. The lowest BCUT2D eigenvalue weighted by atomic mass is 9.57. The lowest BCUT2D eigenvalue weighted by Gasteiger charge is -2.45. The van der Waals surface area contributed by atoms with E-state index in [1.807, 2.05) is 9.80 Å². The van der Waals surface area contributed by atoms with Crippen LogP contribution in [-0.4, -0.2) is 246 Å². The summed E-state index contributed by atoms with van der Waals surface area (Å²) in [5, 5.41) is 62.5. The first kappa shape index (κ1) is 111. The number of carbonyl (C=O) groups is 14. The Hall–Kier alpha value is -10.6. The molecule has 4 aromatic carbocycles. The van der Waals surface area contributed by atoms with Crippen LogP contribution in [0.5, 0.6) is 23.0 Å². The van der Waals surface area contributed by atoms with Crippen molar-refractivity contribution in [1.82, 2.24) is 39.7 Å². The number of carboxylic acid groups (broad SMARTS) is 3. The number of cyclic esters (lactones) is 2. The number of rotatable bonds is 53. The molecule has 7 rings (SSSR count). The molecule has 3 aliphatic heterocycles. The molecule has 3 heterocycles. The van der Waals surface area contributed by atoms with Gasteiger partial charge in [0.15, 0.2) is 11.6 Å². The number of likely N-dealkylation sites (tertiary alicyclic amines) is 2. The van der Waals surface area contributed by atoms with E-state index in [0.717, 1.165) is 52.3 Å². The first-order valence-electron chi connectivity index (χ1n) is 45.7. The van der Waals surface area contributed by atoms with Crippen molar-refractivity contribution in [1.29, 1.82) is 0 Å². The SMILES string of the molecule is CCOC(=O)C(C(CC(C)(C)C1C(=O)OC(=O)C1C)C(=O)O)C(C)(C)CC(C(=O)O)C(C(=O)NCCCN(C)C)C(C)(C)CC1C(=O)N(CCCN(C)C)C(=O)C1C(C)(C)CC1C(=O)N(CCCNS(=O)(=O)c2cc(C(=O)c3ccc(C)cc3)c(O)cc2OC)C(=O)C1C(C)(C)CC(C(=O)O)C(C(=O)NCCCNS(=O)(=O)c1cc(C(=O)c2ccc(C)cc2)c(O)cc1OC)C(C)(C)CC. The monoisotopic (exact) mass is 1920 g/mol. The van der Waals surface area contributed by atoms with E-state index in [9.17, 15) is 80.7 Å². The zero-order chi connectivity index (χ0) is 102. The van der Waals surface area contributed by atoms with E-state index >= 15 is 28.8 Å². The second-order valence-electron chi connectivity index (χ2n) is 41.0. The van der Waals surface area contributed by atoms with Gasteiger partial charge in [-0.25, -0.2) is 26.3 Å². The molecule has 4 aromatic rings. The average molecular weight is 1930 g/mol. The Balaban J connectivity index is 1.31. The predicted octanol–water partition coefficient (Wildman–Crippen LogP) is 9.94. The summed E-state index contributed by atoms with van der Waals surface area (Å²) in [6, 6.07) is 16.6. The molecular weight excluding hydrogens is 1790 g/mol. The number of esters is 3. The molecule has 37 heteroatoms. The lowest BCUT2D eigenvalue weighted by molar-refractivity contribution is -0.168. The van der Waals surface area contributed by atoms with Gasteiger partial charge in [0.05, 0.1) is 103 Å². The molecule has 6 amide bonds. The highest BCUT2D eigenvalue weighted by Gasteiger charge is 2.63. The molecule has 0 aliphatic carbocycles. The highest BCUT2D eigenvalue weighted by Crippen LogP contribution is 2.57. The Morgan fingerprint density at radius 3 is 1.27 bits per heavy atom. The minimum absolute atomic E-state index is 0.00901. The third-order valence-corrected chi connectivity index (χ3v) is 30.4. The van der Waals surface area contributed by atoms with Crippen LogP contribution >= 0.6 is 0 Å². The molecule has 35 nitrogen and oxygen atoms in total. The smallest absolute Gasteiger partial charge is 0.318 e. The maximum Gasteiger partial charge on any atom is 0.318 e. The number of phenolic OH excluding ortho intramolecular Hbond substituents is 2. The molecule has 0 spiro atoms. The van der Waals surface area contributed by atoms with Gasteiger partial charge in [-0.05, 0) is 164 Å². The third kappa shape index (κ3) is 26.4. The summed E-state index contributed by atoms with van der Waals surface area (Å²) >= 11 is 0. The Bertz CT molecular complexity index is 5310. The fourth-order valence-electron chi connectivity index (χ4n) is 20.3. The van der Waals surface area contributed by atoms with Crippen molar-refractivity contribution in [3.05, 3.63) is 106 Å². The summed E-state index contributed by atoms with van der Waals surface area (Å²) in [7, 11) is 0.230. The highest BCUT2D eigenvalue weighted by atomic mass is 32.2. The highest BCUT2D eigenvalue weighted by molar-refractivity contribution is 7.90. The maximum absolute atomic E-state index is 16.1. The van der Waals surface area contributed by atoms with Gasteiger partial charge in [0.25, 0.3) is 0 Å². The number of phenols is 2. The fourth-order valence-corrected chi connectivity index (χ4v) is 22.8. The van der Waals surface area contributed by atoms with Crippen LogP contribution in [0.25, 0.3) is 0 Å². The average Bonchev–Trinajstić information content (AvgIpc) is 1.57. The van der Waals surface area contributed by atoms with Gasteiger partial charge < -0.3 is 64.9 Å². The Labute approximate surface area is 792 Å². The molecular formula is C98H140N8O27S2. The molecule has 3 fully saturated rings. The third-order valence-electron chi connectivity index (χ3n) is 27.4. The molecule has 0 saturated carbocycles. The molecule has 9 N–H and O–H groups in total. The minimum atomic E-state index is -4.70. The number of imide groups is 2. The number of methoxy groups -OCH3 is 2. The number of benzene rings is 4. The van der Waals surface area contributed by atoms with Crippen molar-refractivity contribution < 1.29 is 128 Å². The van der Waals surface area contributed by atoms with Crippen molar-refractivity contribution in [3.8, 4) is 23.0 Å². The first-order chi connectivity index (χ1) is 62.5. The quantitative estimate of drug-likeness (QED) is 0.00652. The lowest BCUT2D eigenvalue weighted by Crippen LogP contribution is -2.51. The van der Waals surface area contributed by atoms with E-state index in [1.165, 1.54) is 59.1 Å². The maximum atomic E-state index is 16.1. The number of hydrogen-bond acceptors (Lipinski definition) is 26. The van der Waals surface area contributed by atoms with Gasteiger partial charge in [0.2, 0.25) is 55.5 Å². The topological polar surface area (TPSA) is 506 Å². The molecule has 12 atom stereocenters. The van der Waals surface area contributed by atoms with Gasteiger partial charge in [0, 0.05) is 62.5 Å². The van der Waals surface area contributed by atoms with E-state index in [1.54, 1.807) is 142 Å². The van der Waals surface area contributed by atoms with E-state index < -0.39 is 273 Å². The summed E-state index contributed by atoms with van der Waals surface area (Å²) < 4.78 is 83.3. The number of aromatic hydroxyl groups is 2. The summed E-state index contributed by atoms with van der Waals surface area (Å²) in [5.41, 5.74) is -8.10. The van der Waals surface area contributed by atoms with E-state index in [-0.39, 0.29) is 92.2 Å². The Morgan fingerprint density at radius 1 is 0.474 bits per heavy atom. The number of amides is 6. The first-order valence-corrected chi connectivity index (χ1v) is 48.7. The zero-order valence-corrected chi connectivity index (χ0v) is 83.7. The number of nitrogens with one attached hydrogen (secondary N) is 4. The van der Waals surface area contributed by atoms with Crippen LogP contribution in [0.1, 0.15) is 211 Å². The number of hydrogen-bond donors (Lipinski definition) is 9. The second kappa shape index (κ2) is 45.1. The molecule has 12 unspecified atom stereocenters. The van der Waals surface area contributed by atoms with Gasteiger partial charge in [-0.1, -0.05) is 163 Å². The van der Waals surface area contributed by atoms with E-state index in [0.29, 0.717) is 19.5 Å². The molecule has 135 heavy (non-hydrogen) atoms. The number of carboxylic acids is 3. The normalized spacial score (nSPS) is 19.1. The van der Waals surface area contributed by atoms with Crippen LogP contribution in [0.4, 0.5) is 0 Å². The van der Waals surface area contributed by atoms with Crippen LogP contribution in [-0.2, 0) is 87.1 Å². The number of nitrogens with zero attached hydrogens (tertiary/aromatic N) is 4. The predicted molar refractivity (Wildman–Crippen MR) is 498 cm³/mol. The number of sulfonamides is 2. The van der Waals surface area contributed by atoms with Crippen LogP contribution in [0.2, 0.25) is 0 Å². The van der Waals surface area contributed by atoms with Crippen molar-refractivity contribution in [2.24, 2.45) is 104 Å². The molecule has 3 saturated heterocycles. The van der Waals surface area contributed by atoms with Crippen LogP contribution < -0.4 is 29.6 Å². The number of ether oxygens (including phenoxy) is 4. The molecule has 0 radical (unpaired) electrons. The number of aryl methyl sites for hydroxylation is 2. The van der Waals surface area contributed by atoms with Crippen LogP contribution in [0.3, 0.4) is 0 Å². The standard InChI is InChI=1S/C98H140N8O27S2/c1-24-93(6,7)74(81(111)99-38-26-40-101-134(126,127)71-46-60(67(107)48-69(71)130-22)79(109)58-34-30-55(3)31-35-58)64(87(117)118)52-97(14,15)77-63(83(113)105(85(77)115)44-28-41-102-135(128,129)72-47-61(68(108)49-70(72)131-23)80(110)59-36-32-56(4)33-37-59)51-96(12,13)76-62(84(114)106(86(76)116)45-29-43-104(20)21)50-95(10,11)75(82(112)100-39-27-42-103(18)19)65(88(119)120)53-98(16,17)78(91(124)132-25-2)66(89(121)122)54-94(8,9)73-57(5)90(123)133-92(73)125/h30-37,46-49,57,62-66,73-78,101-102,107-108H,24-29,38-45,50-54H2,1-23H3,(H,99,111)(H,100,112)(H,117,118)(H,119,120)(H,121,122). The van der Waals surface area contributed by atoms with Crippen molar-refractivity contribution in [3.63, 3.8) is 0 Å². The van der Waals surface area contributed by atoms with Gasteiger partial charge in [0.1, 0.15) is 32.8 Å². The summed E-state index contributed by atoms with van der Waals surface area (Å²) in [6.45, 7) is 25.8. The summed E-state index contributed by atoms with van der Waals surface area (Å²) in [5.74, 6) is -33.8.